The van der Waals surface area contributed by atoms with E-state index in [-0.39, 0.29) is 5.56 Å². The summed E-state index contributed by atoms with van der Waals surface area (Å²) in [5.41, 5.74) is 0.866. The second-order valence-electron chi connectivity index (χ2n) is 2.68. The minimum Gasteiger partial charge on any atom is -0.301 e. The topological polar surface area (TPSA) is 84.4 Å². The van der Waals surface area contributed by atoms with Crippen LogP contribution in [-0.4, -0.2) is 25.1 Å². The zero-order chi connectivity index (χ0) is 9.42. The van der Waals surface area contributed by atoms with Crippen LogP contribution in [0.2, 0.25) is 0 Å². The van der Waals surface area contributed by atoms with E-state index in [1.807, 2.05) is 0 Å². The molecule has 0 spiro atoms. The molecule has 0 amide bonds. The third-order valence-electron chi connectivity index (χ3n) is 1.61. The first-order valence-corrected chi connectivity index (χ1v) is 3.75. The second-order valence-corrected chi connectivity index (χ2v) is 2.68. The number of hydrogen-bond donors (Lipinski definition) is 1. The highest BCUT2D eigenvalue weighted by molar-refractivity contribution is 5.62. The van der Waals surface area contributed by atoms with E-state index in [0.717, 1.165) is 0 Å². The molecule has 66 valence electrons. The minimum atomic E-state index is -0.257. The normalized spacial score (nSPS) is 10.6. The Morgan fingerprint density at radius 3 is 2.69 bits per heavy atom. The Morgan fingerprint density at radius 1 is 1.15 bits per heavy atom. The third-order valence-corrected chi connectivity index (χ3v) is 1.61. The molecular weight excluding hydrogens is 170 g/mol. The minimum absolute atomic E-state index is 0.257. The molecule has 2 rings (SSSR count). The van der Waals surface area contributed by atoms with Gasteiger partial charge in [0.1, 0.15) is 5.69 Å². The first kappa shape index (κ1) is 7.78. The van der Waals surface area contributed by atoms with Crippen LogP contribution in [0.1, 0.15) is 11.5 Å². The van der Waals surface area contributed by atoms with Gasteiger partial charge in [0.2, 0.25) is 5.65 Å². The van der Waals surface area contributed by atoms with Crippen molar-refractivity contribution < 1.29 is 0 Å². The quantitative estimate of drug-likeness (QED) is 0.598. The second kappa shape index (κ2) is 2.58. The molecule has 0 aromatic carbocycles. The van der Waals surface area contributed by atoms with Crippen LogP contribution in [0, 0.1) is 13.8 Å². The van der Waals surface area contributed by atoms with Crippen molar-refractivity contribution in [3.63, 3.8) is 0 Å². The Kier molecular flexibility index (Phi) is 1.54. The first-order valence-electron chi connectivity index (χ1n) is 3.75. The van der Waals surface area contributed by atoms with Gasteiger partial charge in [-0.3, -0.25) is 4.79 Å². The lowest BCUT2D eigenvalue weighted by Crippen LogP contribution is -2.13. The predicted octanol–water partition coefficient (Wildman–Crippen LogP) is -0.275. The molecule has 0 atom stereocenters. The summed E-state index contributed by atoms with van der Waals surface area (Å²) in [4.78, 5) is 21.6. The van der Waals surface area contributed by atoms with Crippen molar-refractivity contribution in [2.75, 3.05) is 0 Å². The van der Waals surface area contributed by atoms with Crippen LogP contribution >= 0.6 is 0 Å². The van der Waals surface area contributed by atoms with Crippen LogP contribution in [0.25, 0.3) is 11.3 Å². The van der Waals surface area contributed by atoms with E-state index < -0.39 is 0 Å². The van der Waals surface area contributed by atoms with Crippen LogP contribution in [0.3, 0.4) is 0 Å². The van der Waals surface area contributed by atoms with Crippen molar-refractivity contribution in [1.29, 1.82) is 0 Å². The highest BCUT2D eigenvalue weighted by atomic mass is 16.1. The molecule has 2 aromatic rings. The van der Waals surface area contributed by atoms with E-state index in [4.69, 9.17) is 0 Å². The number of aromatic nitrogens is 5. The van der Waals surface area contributed by atoms with Gasteiger partial charge in [-0.05, 0) is 13.8 Å². The number of fused-ring (bicyclic) bond motifs is 1. The number of hydrogen-bond acceptors (Lipinski definition) is 5. The largest absolute Gasteiger partial charge is 0.301 e. The molecule has 0 radical (unpaired) electrons. The van der Waals surface area contributed by atoms with Crippen molar-refractivity contribution in [2.24, 2.45) is 0 Å². The lowest BCUT2D eigenvalue weighted by atomic mass is 10.5. The summed E-state index contributed by atoms with van der Waals surface area (Å²) in [6.07, 6.45) is 0. The number of aromatic amines is 1. The van der Waals surface area contributed by atoms with E-state index in [2.05, 4.69) is 25.1 Å². The van der Waals surface area contributed by atoms with E-state index in [0.29, 0.717) is 22.8 Å². The Labute approximate surface area is 73.1 Å². The van der Waals surface area contributed by atoms with Crippen LogP contribution in [0.5, 0.6) is 0 Å². The zero-order valence-corrected chi connectivity index (χ0v) is 7.20. The van der Waals surface area contributed by atoms with Crippen LogP contribution in [-0.2, 0) is 0 Å². The summed E-state index contributed by atoms with van der Waals surface area (Å²) in [5, 5.41) is 7.46. The number of aryl methyl sites for hydroxylation is 2. The molecule has 2 heterocycles. The molecule has 0 saturated heterocycles. The van der Waals surface area contributed by atoms with Crippen molar-refractivity contribution in [3.8, 4) is 0 Å². The third kappa shape index (κ3) is 1.26. The number of H-pyrrole nitrogens is 1. The average molecular weight is 177 g/mol. The van der Waals surface area contributed by atoms with Crippen molar-refractivity contribution in [3.05, 3.63) is 21.9 Å². The summed E-state index contributed by atoms with van der Waals surface area (Å²) in [5.74, 6) is 0.534. The molecule has 2 aromatic heterocycles. The van der Waals surface area contributed by atoms with Crippen LogP contribution in [0.15, 0.2) is 4.79 Å². The lowest BCUT2D eigenvalue weighted by Gasteiger charge is -1.96. The van der Waals surface area contributed by atoms with E-state index in [1.54, 1.807) is 13.8 Å². The van der Waals surface area contributed by atoms with Crippen LogP contribution < -0.4 is 5.56 Å². The fourth-order valence-corrected chi connectivity index (χ4v) is 0.962. The summed E-state index contributed by atoms with van der Waals surface area (Å²) in [6.45, 7) is 3.34. The molecule has 0 saturated carbocycles. The summed E-state index contributed by atoms with van der Waals surface area (Å²) >= 11 is 0. The molecule has 13 heavy (non-hydrogen) atoms. The molecule has 6 nitrogen and oxygen atoms in total. The van der Waals surface area contributed by atoms with Crippen molar-refractivity contribution in [1.82, 2.24) is 25.1 Å². The number of rotatable bonds is 0. The Balaban J connectivity index is 2.89. The molecule has 0 bridgehead atoms. The Morgan fingerprint density at radius 2 is 1.92 bits per heavy atom. The lowest BCUT2D eigenvalue weighted by molar-refractivity contribution is 0.913. The maximum absolute atomic E-state index is 11.1. The standard InChI is InChI=1S/C7H7N5O/c1-3-7(13)10-6-5(8-3)9-4(2)11-12-6/h1-2H3,(H,10,12,13). The number of nitrogens with one attached hydrogen (secondary N) is 1. The van der Waals surface area contributed by atoms with E-state index in [1.165, 1.54) is 0 Å². The molecule has 0 unspecified atom stereocenters. The number of nitrogens with zero attached hydrogens (tertiary/aromatic N) is 4. The van der Waals surface area contributed by atoms with E-state index in [9.17, 15) is 4.79 Å². The summed E-state index contributed by atoms with van der Waals surface area (Å²) < 4.78 is 0. The van der Waals surface area contributed by atoms with Gasteiger partial charge < -0.3 is 4.98 Å². The van der Waals surface area contributed by atoms with Gasteiger partial charge in [0.15, 0.2) is 11.5 Å². The monoisotopic (exact) mass is 177 g/mol. The smallest absolute Gasteiger partial charge is 0.271 e. The molecule has 0 aliphatic heterocycles. The van der Waals surface area contributed by atoms with E-state index >= 15 is 0 Å². The zero-order valence-electron chi connectivity index (χ0n) is 7.20. The predicted molar refractivity (Wildman–Crippen MR) is 45.2 cm³/mol. The molecule has 6 heteroatoms. The van der Waals surface area contributed by atoms with Gasteiger partial charge in [-0.25, -0.2) is 9.97 Å². The van der Waals surface area contributed by atoms with Crippen molar-refractivity contribution >= 4 is 11.3 Å². The molecule has 0 aliphatic carbocycles. The highest BCUT2D eigenvalue weighted by Gasteiger charge is 2.02. The van der Waals surface area contributed by atoms with Gasteiger partial charge in [-0.15, -0.1) is 10.2 Å². The van der Waals surface area contributed by atoms with Gasteiger partial charge in [-0.1, -0.05) is 0 Å². The maximum Gasteiger partial charge on any atom is 0.271 e. The van der Waals surface area contributed by atoms with Crippen LogP contribution in [0.4, 0.5) is 0 Å². The van der Waals surface area contributed by atoms with Gasteiger partial charge >= 0.3 is 0 Å². The van der Waals surface area contributed by atoms with Gasteiger partial charge in [0.25, 0.3) is 5.56 Å². The average Bonchev–Trinajstić information content (AvgIpc) is 2.08. The van der Waals surface area contributed by atoms with Gasteiger partial charge in [0.05, 0.1) is 0 Å². The highest BCUT2D eigenvalue weighted by Crippen LogP contribution is 1.98. The maximum atomic E-state index is 11.1. The summed E-state index contributed by atoms with van der Waals surface area (Å²) in [6, 6.07) is 0. The molecule has 0 fully saturated rings. The molecular formula is C7H7N5O. The summed E-state index contributed by atoms with van der Waals surface area (Å²) in [7, 11) is 0. The molecule has 0 aliphatic rings. The fourth-order valence-electron chi connectivity index (χ4n) is 0.962. The fraction of sp³-hybridized carbons (Fsp3) is 0.286. The SMILES string of the molecule is Cc1nnc2[nH]c(=O)c(C)nc2n1. The van der Waals surface area contributed by atoms with Gasteiger partial charge in [-0.2, -0.15) is 0 Å². The van der Waals surface area contributed by atoms with Crippen molar-refractivity contribution in [2.45, 2.75) is 13.8 Å². The first-order chi connectivity index (χ1) is 6.16. The Hall–Kier alpha value is -1.85. The molecule has 1 N–H and O–H groups in total. The Bertz CT molecular complexity index is 518. The van der Waals surface area contributed by atoms with Gasteiger partial charge in [0, 0.05) is 0 Å².